The summed E-state index contributed by atoms with van der Waals surface area (Å²) in [5, 5.41) is 0. The monoisotopic (exact) mass is 344 g/mol. The van der Waals surface area contributed by atoms with Crippen molar-refractivity contribution in [2.75, 3.05) is 26.2 Å². The smallest absolute Gasteiger partial charge is 0.298 e. The number of piperidine rings is 1. The highest BCUT2D eigenvalue weighted by Gasteiger charge is 2.50. The first kappa shape index (κ1) is 16.4. The van der Waals surface area contributed by atoms with Crippen LogP contribution in [-0.2, 0) is 9.59 Å². The van der Waals surface area contributed by atoms with Gasteiger partial charge in [-0.25, -0.2) is 0 Å². The van der Waals surface area contributed by atoms with E-state index in [0.29, 0.717) is 25.4 Å². The number of amides is 2. The van der Waals surface area contributed by atoms with Gasteiger partial charge in [-0.2, -0.15) is 0 Å². The molecule has 1 aliphatic carbocycles. The number of rotatable bonds is 4. The molecule has 1 spiro atoms. The van der Waals surface area contributed by atoms with Crippen molar-refractivity contribution in [3.8, 4) is 0 Å². The Labute approximate surface area is 147 Å². The van der Waals surface area contributed by atoms with Gasteiger partial charge in [0.1, 0.15) is 0 Å². The predicted octanol–water partition coefficient (Wildman–Crippen LogP) is 2.10. The van der Waals surface area contributed by atoms with Crippen LogP contribution in [0.15, 0.2) is 22.8 Å². The molecule has 3 fully saturated rings. The number of furan rings is 1. The van der Waals surface area contributed by atoms with Gasteiger partial charge >= 0.3 is 0 Å². The summed E-state index contributed by atoms with van der Waals surface area (Å²) in [6, 6.07) is 3.09. The van der Waals surface area contributed by atoms with Crippen LogP contribution >= 0.6 is 0 Å². The van der Waals surface area contributed by atoms with Gasteiger partial charge in [0.2, 0.25) is 5.91 Å². The summed E-state index contributed by atoms with van der Waals surface area (Å²) in [6.07, 6.45) is 7.55. The molecule has 0 N–H and O–H groups in total. The molecule has 25 heavy (non-hydrogen) atoms. The summed E-state index contributed by atoms with van der Waals surface area (Å²) in [7, 11) is 0. The number of hydrogen-bond acceptors (Lipinski definition) is 4. The van der Waals surface area contributed by atoms with Crippen molar-refractivity contribution in [3.05, 3.63) is 24.2 Å². The molecular weight excluding hydrogens is 320 g/mol. The van der Waals surface area contributed by atoms with Crippen LogP contribution < -0.4 is 0 Å². The van der Waals surface area contributed by atoms with Crippen LogP contribution in [-0.4, -0.2) is 53.6 Å². The maximum absolute atomic E-state index is 13.1. The number of likely N-dealkylation sites (tertiary alicyclic amines) is 2. The Morgan fingerprint density at radius 1 is 1.20 bits per heavy atom. The van der Waals surface area contributed by atoms with Crippen LogP contribution in [0.3, 0.4) is 0 Å². The third-order valence-corrected chi connectivity index (χ3v) is 6.11. The quantitative estimate of drug-likeness (QED) is 0.619. The molecule has 0 aromatic carbocycles. The van der Waals surface area contributed by atoms with Gasteiger partial charge in [-0.05, 0) is 50.2 Å². The Morgan fingerprint density at radius 3 is 2.72 bits per heavy atom. The first-order valence-corrected chi connectivity index (χ1v) is 9.26. The van der Waals surface area contributed by atoms with Gasteiger partial charge in [0.05, 0.1) is 11.7 Å². The first-order chi connectivity index (χ1) is 12.1. The molecule has 2 saturated heterocycles. The summed E-state index contributed by atoms with van der Waals surface area (Å²) in [4.78, 5) is 41.3. The van der Waals surface area contributed by atoms with Crippen molar-refractivity contribution in [1.29, 1.82) is 0 Å². The molecule has 0 bridgehead atoms. The molecule has 3 aliphatic rings. The average Bonchev–Trinajstić information content (AvgIpc) is 3.24. The number of Topliss-reactive ketones (excluding diaryl/α,β-unsaturated/α-hetero) is 1. The standard InChI is InChI=1S/C19H24N2O4/c22-16(15-6-2-11-25-15)17(23)21-10-8-19(13-21)7-3-9-20(18(19)24)12-14-4-1-5-14/h2,6,11,14H,1,3-5,7-10,12-13H2. The van der Waals surface area contributed by atoms with Gasteiger partial charge in [-0.3, -0.25) is 14.4 Å². The lowest BCUT2D eigenvalue weighted by molar-refractivity contribution is -0.147. The maximum Gasteiger partial charge on any atom is 0.298 e. The molecule has 6 nitrogen and oxygen atoms in total. The summed E-state index contributed by atoms with van der Waals surface area (Å²) in [5.74, 6) is -0.287. The normalized spacial score (nSPS) is 27.0. The van der Waals surface area contributed by atoms with Crippen LogP contribution in [0.5, 0.6) is 0 Å². The zero-order chi connectivity index (χ0) is 17.4. The van der Waals surface area contributed by atoms with E-state index >= 15 is 0 Å². The molecule has 134 valence electrons. The summed E-state index contributed by atoms with van der Waals surface area (Å²) < 4.78 is 5.04. The highest BCUT2D eigenvalue weighted by molar-refractivity contribution is 6.42. The van der Waals surface area contributed by atoms with Gasteiger partial charge in [0.15, 0.2) is 5.76 Å². The summed E-state index contributed by atoms with van der Waals surface area (Å²) in [5.41, 5.74) is -0.485. The summed E-state index contributed by atoms with van der Waals surface area (Å²) >= 11 is 0. The largest absolute Gasteiger partial charge is 0.461 e. The third kappa shape index (κ3) is 2.87. The predicted molar refractivity (Wildman–Crippen MR) is 89.8 cm³/mol. The lowest BCUT2D eigenvalue weighted by Gasteiger charge is -2.42. The Hall–Kier alpha value is -2.11. The van der Waals surface area contributed by atoms with Crippen molar-refractivity contribution in [1.82, 2.24) is 9.80 Å². The highest BCUT2D eigenvalue weighted by atomic mass is 16.3. The molecule has 0 radical (unpaired) electrons. The van der Waals surface area contributed by atoms with Crippen LogP contribution in [0.1, 0.15) is 49.1 Å². The Kier molecular flexibility index (Phi) is 4.13. The first-order valence-electron chi connectivity index (χ1n) is 9.26. The fraction of sp³-hybridized carbons (Fsp3) is 0.632. The van der Waals surface area contributed by atoms with E-state index in [1.807, 2.05) is 4.90 Å². The summed E-state index contributed by atoms with van der Waals surface area (Å²) in [6.45, 7) is 2.52. The Balaban J connectivity index is 1.43. The van der Waals surface area contributed by atoms with E-state index in [4.69, 9.17) is 4.42 Å². The van der Waals surface area contributed by atoms with Gasteiger partial charge in [0, 0.05) is 26.2 Å². The molecule has 1 saturated carbocycles. The van der Waals surface area contributed by atoms with E-state index in [-0.39, 0.29) is 11.7 Å². The zero-order valence-corrected chi connectivity index (χ0v) is 14.4. The van der Waals surface area contributed by atoms with Crippen molar-refractivity contribution in [2.45, 2.75) is 38.5 Å². The van der Waals surface area contributed by atoms with E-state index in [2.05, 4.69) is 0 Å². The number of carbonyl (C=O) groups is 3. The van der Waals surface area contributed by atoms with Gasteiger partial charge < -0.3 is 14.2 Å². The minimum absolute atomic E-state index is 0.0625. The van der Waals surface area contributed by atoms with Crippen LogP contribution in [0.4, 0.5) is 0 Å². The second-order valence-electron chi connectivity index (χ2n) is 7.72. The minimum atomic E-state index is -0.628. The lowest BCUT2D eigenvalue weighted by atomic mass is 9.77. The van der Waals surface area contributed by atoms with Crippen LogP contribution in [0.25, 0.3) is 0 Å². The fourth-order valence-electron chi connectivity index (χ4n) is 4.39. The van der Waals surface area contributed by atoms with E-state index in [1.165, 1.54) is 36.5 Å². The molecule has 1 aromatic heterocycles. The third-order valence-electron chi connectivity index (χ3n) is 6.11. The topological polar surface area (TPSA) is 70.8 Å². The number of hydrogen-bond donors (Lipinski definition) is 0. The lowest BCUT2D eigenvalue weighted by Crippen LogP contribution is -2.52. The molecule has 1 atom stereocenters. The van der Waals surface area contributed by atoms with Crippen molar-refractivity contribution < 1.29 is 18.8 Å². The molecular formula is C19H24N2O4. The fourth-order valence-corrected chi connectivity index (χ4v) is 4.39. The molecule has 1 aromatic rings. The van der Waals surface area contributed by atoms with E-state index in [0.717, 1.165) is 25.9 Å². The van der Waals surface area contributed by atoms with E-state index < -0.39 is 17.1 Å². The number of nitrogens with zero attached hydrogens (tertiary/aromatic N) is 2. The van der Waals surface area contributed by atoms with E-state index in [9.17, 15) is 14.4 Å². The average molecular weight is 344 g/mol. The van der Waals surface area contributed by atoms with Crippen LogP contribution in [0.2, 0.25) is 0 Å². The van der Waals surface area contributed by atoms with Crippen molar-refractivity contribution in [3.63, 3.8) is 0 Å². The SMILES string of the molecule is O=C(C(=O)N1CCC2(CCCN(CC3CCC3)C2=O)C1)c1ccco1. The van der Waals surface area contributed by atoms with Gasteiger partial charge in [0.25, 0.3) is 11.7 Å². The van der Waals surface area contributed by atoms with Crippen LogP contribution in [0, 0.1) is 11.3 Å². The van der Waals surface area contributed by atoms with Crippen molar-refractivity contribution >= 4 is 17.6 Å². The zero-order valence-electron chi connectivity index (χ0n) is 14.4. The molecule has 1 unspecified atom stereocenters. The Bertz CT molecular complexity index is 680. The highest BCUT2D eigenvalue weighted by Crippen LogP contribution is 2.41. The molecule has 2 aliphatic heterocycles. The second-order valence-corrected chi connectivity index (χ2v) is 7.72. The molecule has 2 amide bonds. The molecule has 6 heteroatoms. The minimum Gasteiger partial charge on any atom is -0.461 e. The Morgan fingerprint density at radius 2 is 2.04 bits per heavy atom. The van der Waals surface area contributed by atoms with E-state index in [1.54, 1.807) is 6.07 Å². The molecule has 4 rings (SSSR count). The maximum atomic E-state index is 13.1. The van der Waals surface area contributed by atoms with Gasteiger partial charge in [-0.1, -0.05) is 6.42 Å². The van der Waals surface area contributed by atoms with Crippen molar-refractivity contribution in [2.24, 2.45) is 11.3 Å². The molecule has 3 heterocycles. The number of ketones is 1. The second kappa shape index (κ2) is 6.32. The number of carbonyl (C=O) groups excluding carboxylic acids is 3. The van der Waals surface area contributed by atoms with Gasteiger partial charge in [-0.15, -0.1) is 0 Å².